The molecule has 1 heterocycles. The Kier molecular flexibility index (Phi) is 1.69. The van der Waals surface area contributed by atoms with E-state index < -0.39 is 0 Å². The van der Waals surface area contributed by atoms with Crippen LogP contribution in [-0.2, 0) is 0 Å². The van der Waals surface area contributed by atoms with E-state index in [4.69, 9.17) is 5.73 Å². The van der Waals surface area contributed by atoms with Crippen LogP contribution in [0, 0.1) is 6.26 Å². The molecule has 0 fully saturated rings. The second-order valence-electron chi connectivity index (χ2n) is 1.09. The van der Waals surface area contributed by atoms with Crippen LogP contribution in [0.1, 0.15) is 0 Å². The summed E-state index contributed by atoms with van der Waals surface area (Å²) in [7, 11) is 0. The zero-order valence-electron chi connectivity index (χ0n) is 4.00. The molecule has 0 aliphatic carbocycles. The molecule has 5 heteroatoms. The van der Waals surface area contributed by atoms with E-state index in [-0.39, 0.29) is 0 Å². The lowest BCUT2D eigenvalue weighted by Gasteiger charge is -1.82. The minimum Gasteiger partial charge on any atom is -0.387 e. The minimum atomic E-state index is 0.644. The van der Waals surface area contributed by atoms with Crippen molar-refractivity contribution < 1.29 is 0 Å². The topological polar surface area (TPSA) is 51.8 Å². The molecule has 0 unspecified atom stereocenters. The van der Waals surface area contributed by atoms with Gasteiger partial charge >= 0.3 is 0 Å². The fraction of sp³-hybridized carbons (Fsp3) is 0. The van der Waals surface area contributed by atoms with Crippen LogP contribution < -0.4 is 5.73 Å². The van der Waals surface area contributed by atoms with Crippen LogP contribution in [0.15, 0.2) is 5.03 Å². The van der Waals surface area contributed by atoms with Crippen LogP contribution in [0.3, 0.4) is 0 Å². The number of hydrogen-bond donors (Lipinski definition) is 1. The van der Waals surface area contributed by atoms with E-state index in [1.54, 1.807) is 0 Å². The fourth-order valence-corrected chi connectivity index (χ4v) is 1.20. The van der Waals surface area contributed by atoms with Crippen molar-refractivity contribution in [2.24, 2.45) is 0 Å². The van der Waals surface area contributed by atoms with Gasteiger partial charge in [-0.15, -0.1) is 16.9 Å². The largest absolute Gasteiger partial charge is 0.387 e. The molecule has 0 saturated carbocycles. The van der Waals surface area contributed by atoms with E-state index in [9.17, 15) is 0 Å². The van der Waals surface area contributed by atoms with Crippen molar-refractivity contribution in [3.8, 4) is 0 Å². The Balaban J connectivity index is 2.92. The van der Waals surface area contributed by atoms with Gasteiger partial charge in [-0.25, -0.2) is 0 Å². The number of nitrogens with two attached hydrogens (primary N) is 1. The van der Waals surface area contributed by atoms with Crippen LogP contribution in [-0.4, -0.2) is 9.59 Å². The van der Waals surface area contributed by atoms with E-state index in [1.165, 1.54) is 23.3 Å². The molecule has 0 bridgehead atoms. The van der Waals surface area contributed by atoms with Crippen molar-refractivity contribution in [3.05, 3.63) is 6.26 Å². The molecule has 0 spiro atoms. The number of hydrogen-bond acceptors (Lipinski definition) is 5. The highest BCUT2D eigenvalue weighted by Gasteiger charge is 1.98. The van der Waals surface area contributed by atoms with Crippen molar-refractivity contribution in [1.82, 2.24) is 9.59 Å². The first kappa shape index (κ1) is 5.84. The molecule has 3 nitrogen and oxygen atoms in total. The van der Waals surface area contributed by atoms with Crippen LogP contribution >= 0.6 is 23.3 Å². The number of thioether (sulfide) groups is 1. The molecular weight excluding hydrogens is 142 g/mol. The summed E-state index contributed by atoms with van der Waals surface area (Å²) < 4.78 is 3.60. The molecule has 8 heavy (non-hydrogen) atoms. The third kappa shape index (κ3) is 0.924. The standard InChI is InChI=1S/C3H4N3S2/c1-7-3-2(4)8-6-5-3/h1,4H2. The normalized spacial score (nSPS) is 9.62. The van der Waals surface area contributed by atoms with E-state index in [1.807, 2.05) is 0 Å². The lowest BCUT2D eigenvalue weighted by Crippen LogP contribution is -1.79. The summed E-state index contributed by atoms with van der Waals surface area (Å²) in [6.07, 6.45) is 3.53. The van der Waals surface area contributed by atoms with Gasteiger partial charge in [0.25, 0.3) is 0 Å². The predicted octanol–water partition coefficient (Wildman–Crippen LogP) is 1.00. The van der Waals surface area contributed by atoms with Gasteiger partial charge in [-0.05, 0) is 0 Å². The van der Waals surface area contributed by atoms with E-state index in [2.05, 4.69) is 15.8 Å². The van der Waals surface area contributed by atoms with E-state index in [0.29, 0.717) is 5.00 Å². The highest BCUT2D eigenvalue weighted by molar-refractivity contribution is 8.00. The number of nitrogens with zero attached hydrogens (tertiary/aromatic N) is 2. The molecule has 1 rings (SSSR count). The van der Waals surface area contributed by atoms with Crippen molar-refractivity contribution in [2.45, 2.75) is 5.03 Å². The first-order chi connectivity index (χ1) is 3.84. The monoisotopic (exact) mass is 146 g/mol. The predicted molar refractivity (Wildman–Crippen MR) is 35.5 cm³/mol. The van der Waals surface area contributed by atoms with Crippen LogP contribution in [0.2, 0.25) is 0 Å². The van der Waals surface area contributed by atoms with Crippen molar-refractivity contribution >= 4 is 28.3 Å². The molecule has 0 amide bonds. The minimum absolute atomic E-state index is 0.644. The van der Waals surface area contributed by atoms with Crippen molar-refractivity contribution in [1.29, 1.82) is 0 Å². The molecule has 0 aliphatic heterocycles. The van der Waals surface area contributed by atoms with Gasteiger partial charge in [0.2, 0.25) is 0 Å². The smallest absolute Gasteiger partial charge is 0.155 e. The molecule has 1 radical (unpaired) electrons. The molecule has 0 atom stereocenters. The van der Waals surface area contributed by atoms with Gasteiger partial charge in [0, 0.05) is 17.8 Å². The number of nitrogen functional groups attached to an aromatic ring is 1. The summed E-state index contributed by atoms with van der Waals surface area (Å²) in [5.74, 6) is 0. The van der Waals surface area contributed by atoms with Crippen molar-refractivity contribution in [2.75, 3.05) is 5.73 Å². The Morgan fingerprint density at radius 3 is 2.75 bits per heavy atom. The Hall–Kier alpha value is -0.290. The molecule has 0 aromatic carbocycles. The molecule has 43 valence electrons. The summed E-state index contributed by atoms with van der Waals surface area (Å²) in [5.41, 5.74) is 5.38. The zero-order chi connectivity index (χ0) is 5.98. The third-order valence-electron chi connectivity index (χ3n) is 0.618. The summed E-state index contributed by atoms with van der Waals surface area (Å²) in [6, 6.07) is 0. The Morgan fingerprint density at radius 1 is 1.75 bits per heavy atom. The molecule has 1 aromatic rings. The highest BCUT2D eigenvalue weighted by Crippen LogP contribution is 2.22. The maximum absolute atomic E-state index is 5.38. The first-order valence-electron chi connectivity index (χ1n) is 1.84. The summed E-state index contributed by atoms with van der Waals surface area (Å²) in [6.45, 7) is 0. The molecular formula is C3H4N3S2. The second-order valence-corrected chi connectivity index (χ2v) is 2.55. The quantitative estimate of drug-likeness (QED) is 0.601. The maximum atomic E-state index is 5.38. The SMILES string of the molecule is [CH2]Sc1nnsc1N. The van der Waals surface area contributed by atoms with Crippen molar-refractivity contribution in [3.63, 3.8) is 0 Å². The lowest BCUT2D eigenvalue weighted by molar-refractivity contribution is 1.04. The summed E-state index contributed by atoms with van der Waals surface area (Å²) in [4.78, 5) is 0. The van der Waals surface area contributed by atoms with Gasteiger partial charge in [-0.1, -0.05) is 4.49 Å². The van der Waals surface area contributed by atoms with Gasteiger partial charge in [-0.2, -0.15) is 0 Å². The third-order valence-corrected chi connectivity index (χ3v) is 1.88. The van der Waals surface area contributed by atoms with Crippen LogP contribution in [0.5, 0.6) is 0 Å². The van der Waals surface area contributed by atoms with Gasteiger partial charge in [0.1, 0.15) is 5.00 Å². The highest BCUT2D eigenvalue weighted by atomic mass is 32.2. The Bertz CT molecular complexity index is 173. The summed E-state index contributed by atoms with van der Waals surface area (Å²) in [5, 5.41) is 5.04. The molecule has 0 saturated heterocycles. The number of aromatic nitrogens is 2. The number of anilines is 1. The average molecular weight is 146 g/mol. The van der Waals surface area contributed by atoms with E-state index >= 15 is 0 Å². The van der Waals surface area contributed by atoms with Crippen LogP contribution in [0.4, 0.5) is 5.00 Å². The molecule has 2 N–H and O–H groups in total. The Labute approximate surface area is 55.4 Å². The first-order valence-corrected chi connectivity index (χ1v) is 3.60. The molecule has 0 aliphatic rings. The lowest BCUT2D eigenvalue weighted by atomic mass is 10.9. The second kappa shape index (κ2) is 2.32. The van der Waals surface area contributed by atoms with E-state index in [0.717, 1.165) is 5.03 Å². The maximum Gasteiger partial charge on any atom is 0.155 e. The van der Waals surface area contributed by atoms with Crippen LogP contribution in [0.25, 0.3) is 0 Å². The van der Waals surface area contributed by atoms with Gasteiger partial charge in [0.05, 0.1) is 0 Å². The average Bonchev–Trinajstić information content (AvgIpc) is 2.14. The zero-order valence-corrected chi connectivity index (χ0v) is 5.63. The molecule has 1 aromatic heterocycles. The summed E-state index contributed by atoms with van der Waals surface area (Å²) >= 11 is 2.45. The fourth-order valence-electron chi connectivity index (χ4n) is 0.290. The van der Waals surface area contributed by atoms with Gasteiger partial charge in [-0.3, -0.25) is 0 Å². The van der Waals surface area contributed by atoms with Gasteiger partial charge < -0.3 is 5.73 Å². The van der Waals surface area contributed by atoms with Gasteiger partial charge in [0.15, 0.2) is 5.03 Å². The Morgan fingerprint density at radius 2 is 2.50 bits per heavy atom. The number of rotatable bonds is 1.